The third-order valence-corrected chi connectivity index (χ3v) is 3.28. The van der Waals surface area contributed by atoms with Crippen molar-refractivity contribution in [3.05, 3.63) is 47.5 Å². The highest BCUT2D eigenvalue weighted by Gasteiger charge is 2.08. The van der Waals surface area contributed by atoms with Crippen molar-refractivity contribution in [3.63, 3.8) is 0 Å². The van der Waals surface area contributed by atoms with Crippen LogP contribution in [-0.4, -0.2) is 29.0 Å². The predicted octanol–water partition coefficient (Wildman–Crippen LogP) is 2.51. The van der Waals surface area contributed by atoms with E-state index in [0.29, 0.717) is 6.54 Å². The van der Waals surface area contributed by atoms with Crippen molar-refractivity contribution in [2.75, 3.05) is 18.4 Å². The summed E-state index contributed by atoms with van der Waals surface area (Å²) in [5, 5.41) is 6.19. The number of aromatic nitrogens is 2. The van der Waals surface area contributed by atoms with Gasteiger partial charge in [0.25, 0.3) is 5.91 Å². The van der Waals surface area contributed by atoms with Crippen molar-refractivity contribution in [1.29, 1.82) is 0 Å². The molecule has 0 unspecified atom stereocenters. The van der Waals surface area contributed by atoms with Crippen LogP contribution in [0.3, 0.4) is 0 Å². The minimum Gasteiger partial charge on any atom is -0.385 e. The van der Waals surface area contributed by atoms with E-state index in [0.717, 1.165) is 42.0 Å². The number of hydrogen-bond donors (Lipinski definition) is 3. The van der Waals surface area contributed by atoms with Gasteiger partial charge in [-0.1, -0.05) is 0 Å². The Kier molecular flexibility index (Phi) is 5.37. The van der Waals surface area contributed by atoms with E-state index in [1.54, 1.807) is 6.20 Å². The van der Waals surface area contributed by atoms with E-state index in [-0.39, 0.29) is 5.91 Å². The van der Waals surface area contributed by atoms with Crippen LogP contribution >= 0.6 is 0 Å². The van der Waals surface area contributed by atoms with Gasteiger partial charge < -0.3 is 15.6 Å². The summed E-state index contributed by atoms with van der Waals surface area (Å²) < 4.78 is 0. The summed E-state index contributed by atoms with van der Waals surface area (Å²) >= 11 is 0. The fourth-order valence-corrected chi connectivity index (χ4v) is 2.22. The largest absolute Gasteiger partial charge is 0.385 e. The first kappa shape index (κ1) is 15.1. The lowest BCUT2D eigenvalue weighted by Crippen LogP contribution is -2.25. The number of imidazole rings is 1. The predicted molar refractivity (Wildman–Crippen MR) is 84.6 cm³/mol. The molecule has 0 fully saturated rings. The van der Waals surface area contributed by atoms with Gasteiger partial charge in [0, 0.05) is 43.2 Å². The van der Waals surface area contributed by atoms with Crippen LogP contribution in [0.15, 0.2) is 30.6 Å². The Morgan fingerprint density at radius 1 is 1.38 bits per heavy atom. The van der Waals surface area contributed by atoms with Crippen LogP contribution < -0.4 is 10.6 Å². The molecule has 0 aliphatic rings. The molecule has 21 heavy (non-hydrogen) atoms. The number of nitrogens with one attached hydrogen (secondary N) is 3. The second-order valence-corrected chi connectivity index (χ2v) is 4.96. The fourth-order valence-electron chi connectivity index (χ4n) is 2.22. The lowest BCUT2D eigenvalue weighted by molar-refractivity contribution is 0.0952. The van der Waals surface area contributed by atoms with Gasteiger partial charge in [-0.05, 0) is 44.0 Å². The highest BCUT2D eigenvalue weighted by molar-refractivity contribution is 5.96. The van der Waals surface area contributed by atoms with Gasteiger partial charge in [0.05, 0.1) is 0 Å². The van der Waals surface area contributed by atoms with Gasteiger partial charge in [0.1, 0.15) is 5.82 Å². The van der Waals surface area contributed by atoms with Crippen molar-refractivity contribution >= 4 is 11.6 Å². The number of hydrogen-bond acceptors (Lipinski definition) is 3. The molecule has 2 aromatic rings. The summed E-state index contributed by atoms with van der Waals surface area (Å²) in [5.41, 5.74) is 2.76. The number of H-pyrrole nitrogens is 1. The number of aromatic amines is 1. The quantitative estimate of drug-likeness (QED) is 0.685. The van der Waals surface area contributed by atoms with Gasteiger partial charge in [-0.3, -0.25) is 4.79 Å². The van der Waals surface area contributed by atoms with Gasteiger partial charge in [-0.25, -0.2) is 4.98 Å². The van der Waals surface area contributed by atoms with Crippen LogP contribution in [0.5, 0.6) is 0 Å². The molecule has 5 heteroatoms. The molecule has 0 spiro atoms. The van der Waals surface area contributed by atoms with E-state index in [4.69, 9.17) is 0 Å². The number of aryl methyl sites for hydroxylation is 2. The minimum absolute atomic E-state index is 0.0185. The van der Waals surface area contributed by atoms with Crippen molar-refractivity contribution in [1.82, 2.24) is 15.3 Å². The lowest BCUT2D eigenvalue weighted by Gasteiger charge is -2.10. The number of anilines is 1. The molecule has 112 valence electrons. The Morgan fingerprint density at radius 2 is 2.24 bits per heavy atom. The first-order valence-corrected chi connectivity index (χ1v) is 7.31. The number of rotatable bonds is 7. The van der Waals surface area contributed by atoms with Gasteiger partial charge in [0.2, 0.25) is 0 Å². The van der Waals surface area contributed by atoms with E-state index >= 15 is 0 Å². The zero-order valence-corrected chi connectivity index (χ0v) is 12.6. The zero-order valence-electron chi connectivity index (χ0n) is 12.6. The molecular weight excluding hydrogens is 264 g/mol. The molecule has 1 heterocycles. The number of benzene rings is 1. The van der Waals surface area contributed by atoms with Crippen molar-refractivity contribution in [2.24, 2.45) is 0 Å². The van der Waals surface area contributed by atoms with E-state index in [2.05, 4.69) is 27.5 Å². The van der Waals surface area contributed by atoms with Crippen LogP contribution in [-0.2, 0) is 6.42 Å². The second-order valence-electron chi connectivity index (χ2n) is 4.96. The molecule has 3 N–H and O–H groups in total. The van der Waals surface area contributed by atoms with Crippen LogP contribution in [0.25, 0.3) is 0 Å². The maximum Gasteiger partial charge on any atom is 0.251 e. The Hall–Kier alpha value is -2.30. The molecule has 1 amide bonds. The third-order valence-electron chi connectivity index (χ3n) is 3.28. The Bertz CT molecular complexity index is 578. The Balaban J connectivity index is 1.82. The van der Waals surface area contributed by atoms with Gasteiger partial charge >= 0.3 is 0 Å². The molecule has 0 saturated carbocycles. The first-order chi connectivity index (χ1) is 10.2. The minimum atomic E-state index is -0.0185. The molecule has 0 aliphatic heterocycles. The van der Waals surface area contributed by atoms with Gasteiger partial charge in [-0.2, -0.15) is 0 Å². The van der Waals surface area contributed by atoms with Gasteiger partial charge in [-0.15, -0.1) is 0 Å². The smallest absolute Gasteiger partial charge is 0.251 e. The molecule has 1 aromatic carbocycles. The summed E-state index contributed by atoms with van der Waals surface area (Å²) in [6, 6.07) is 5.81. The summed E-state index contributed by atoms with van der Waals surface area (Å²) in [6.07, 6.45) is 5.26. The number of amides is 1. The SMILES string of the molecule is CCNc1ccc(C(=O)NCCCc2ncc[nH]2)c(C)c1. The van der Waals surface area contributed by atoms with Gasteiger partial charge in [0.15, 0.2) is 0 Å². The zero-order chi connectivity index (χ0) is 15.1. The van der Waals surface area contributed by atoms with E-state index in [1.165, 1.54) is 0 Å². The van der Waals surface area contributed by atoms with Crippen molar-refractivity contribution in [3.8, 4) is 0 Å². The number of carbonyl (C=O) groups excluding carboxylic acids is 1. The third kappa shape index (κ3) is 4.34. The van der Waals surface area contributed by atoms with Crippen molar-refractivity contribution < 1.29 is 4.79 Å². The molecule has 0 saturated heterocycles. The van der Waals surface area contributed by atoms with Crippen LogP contribution in [0, 0.1) is 6.92 Å². The highest BCUT2D eigenvalue weighted by Crippen LogP contribution is 2.15. The summed E-state index contributed by atoms with van der Waals surface area (Å²) in [6.45, 7) is 5.53. The summed E-state index contributed by atoms with van der Waals surface area (Å²) in [5.74, 6) is 0.936. The molecule has 0 aliphatic carbocycles. The lowest BCUT2D eigenvalue weighted by atomic mass is 10.1. The summed E-state index contributed by atoms with van der Waals surface area (Å²) in [7, 11) is 0. The first-order valence-electron chi connectivity index (χ1n) is 7.31. The normalized spacial score (nSPS) is 10.4. The van der Waals surface area contributed by atoms with Crippen molar-refractivity contribution in [2.45, 2.75) is 26.7 Å². The van der Waals surface area contributed by atoms with E-state index in [9.17, 15) is 4.79 Å². The maximum atomic E-state index is 12.1. The van der Waals surface area contributed by atoms with E-state index < -0.39 is 0 Å². The van der Waals surface area contributed by atoms with E-state index in [1.807, 2.05) is 31.3 Å². The fraction of sp³-hybridized carbons (Fsp3) is 0.375. The Morgan fingerprint density at radius 3 is 2.90 bits per heavy atom. The summed E-state index contributed by atoms with van der Waals surface area (Å²) in [4.78, 5) is 19.4. The monoisotopic (exact) mass is 286 g/mol. The highest BCUT2D eigenvalue weighted by atomic mass is 16.1. The number of nitrogens with zero attached hydrogens (tertiary/aromatic N) is 1. The standard InChI is InChI=1S/C16H22N4O/c1-3-17-13-6-7-14(12(2)11-13)16(21)20-8-4-5-15-18-9-10-19-15/h6-7,9-11,17H,3-5,8H2,1-2H3,(H,18,19)(H,20,21). The maximum absolute atomic E-state index is 12.1. The molecule has 0 bridgehead atoms. The van der Waals surface area contributed by atoms with Crippen LogP contribution in [0.4, 0.5) is 5.69 Å². The average molecular weight is 286 g/mol. The molecule has 2 rings (SSSR count). The average Bonchev–Trinajstić information content (AvgIpc) is 2.97. The van der Waals surface area contributed by atoms with Crippen LogP contribution in [0.1, 0.15) is 35.1 Å². The Labute approximate surface area is 125 Å². The molecule has 0 radical (unpaired) electrons. The number of carbonyl (C=O) groups is 1. The second kappa shape index (κ2) is 7.47. The molecule has 1 aromatic heterocycles. The van der Waals surface area contributed by atoms with Crippen LogP contribution in [0.2, 0.25) is 0 Å². The molecule has 0 atom stereocenters. The topological polar surface area (TPSA) is 69.8 Å². The molecule has 5 nitrogen and oxygen atoms in total. The molecular formula is C16H22N4O.